The van der Waals surface area contributed by atoms with Crippen molar-refractivity contribution < 1.29 is 0 Å². The molecular weight excluding hydrogens is 277 g/mol. The Balaban J connectivity index is 2.16. The molecule has 1 aliphatic rings. The number of likely N-dealkylation sites (tertiary alicyclic amines) is 1. The van der Waals surface area contributed by atoms with Crippen LogP contribution in [0.1, 0.15) is 51.6 Å². The third-order valence-electron chi connectivity index (χ3n) is 4.58. The minimum atomic E-state index is 0.377. The van der Waals surface area contributed by atoms with Gasteiger partial charge in [0.2, 0.25) is 0 Å². The zero-order valence-corrected chi connectivity index (χ0v) is 13.6. The van der Waals surface area contributed by atoms with Crippen LogP contribution in [-0.2, 0) is 0 Å². The molecule has 1 aromatic rings. The fraction of sp³-hybridized carbons (Fsp3) is 0.625. The number of halogens is 2. The van der Waals surface area contributed by atoms with Gasteiger partial charge < -0.3 is 0 Å². The van der Waals surface area contributed by atoms with E-state index < -0.39 is 0 Å². The summed E-state index contributed by atoms with van der Waals surface area (Å²) in [6, 6.07) is 6.25. The third kappa shape index (κ3) is 3.65. The van der Waals surface area contributed by atoms with Crippen LogP contribution in [0.4, 0.5) is 0 Å². The highest BCUT2D eigenvalue weighted by molar-refractivity contribution is 6.34. The van der Waals surface area contributed by atoms with Crippen LogP contribution in [-0.4, -0.2) is 18.0 Å². The molecule has 0 saturated carbocycles. The number of nitrogens with zero attached hydrogens (tertiary/aromatic N) is 1. The summed E-state index contributed by atoms with van der Waals surface area (Å²) < 4.78 is 0. The molecule has 1 aliphatic heterocycles. The van der Waals surface area contributed by atoms with Gasteiger partial charge in [-0.15, -0.1) is 0 Å². The quantitative estimate of drug-likeness (QED) is 0.705. The molecule has 0 amide bonds. The second kappa shape index (κ2) is 6.03. The molecule has 0 aliphatic carbocycles. The van der Waals surface area contributed by atoms with Crippen molar-refractivity contribution >= 4 is 23.2 Å². The lowest BCUT2D eigenvalue weighted by molar-refractivity contribution is 0.0697. The van der Waals surface area contributed by atoms with Crippen molar-refractivity contribution in [1.29, 1.82) is 0 Å². The van der Waals surface area contributed by atoms with E-state index in [4.69, 9.17) is 23.2 Å². The molecular formula is C16H23Cl2N. The maximum atomic E-state index is 6.11. The summed E-state index contributed by atoms with van der Waals surface area (Å²) in [4.78, 5) is 2.56. The lowest BCUT2D eigenvalue weighted by Gasteiger charge is -2.43. The van der Waals surface area contributed by atoms with Crippen LogP contribution in [0.3, 0.4) is 0 Å². The van der Waals surface area contributed by atoms with E-state index in [0.717, 1.165) is 16.6 Å². The van der Waals surface area contributed by atoms with Gasteiger partial charge in [0.25, 0.3) is 0 Å². The summed E-state index contributed by atoms with van der Waals surface area (Å²) in [6.45, 7) is 9.28. The van der Waals surface area contributed by atoms with Crippen LogP contribution in [0.2, 0.25) is 10.0 Å². The zero-order valence-electron chi connectivity index (χ0n) is 12.0. The van der Waals surface area contributed by atoms with Crippen molar-refractivity contribution in [1.82, 2.24) is 4.90 Å². The Morgan fingerprint density at radius 2 is 1.89 bits per heavy atom. The predicted molar refractivity (Wildman–Crippen MR) is 84.1 cm³/mol. The predicted octanol–water partition coefficient (Wildman–Crippen LogP) is 5.57. The van der Waals surface area contributed by atoms with E-state index in [-0.39, 0.29) is 0 Å². The Morgan fingerprint density at radius 1 is 1.26 bits per heavy atom. The normalized spacial score (nSPS) is 26.4. The van der Waals surface area contributed by atoms with E-state index in [1.807, 2.05) is 12.1 Å². The molecule has 1 nitrogen and oxygen atoms in total. The van der Waals surface area contributed by atoms with Gasteiger partial charge in [0, 0.05) is 22.6 Å². The molecule has 2 rings (SSSR count). The van der Waals surface area contributed by atoms with Crippen molar-refractivity contribution in [2.75, 3.05) is 13.1 Å². The molecule has 1 unspecified atom stereocenters. The Kier molecular flexibility index (Phi) is 4.81. The second-order valence-corrected chi connectivity index (χ2v) is 6.99. The highest BCUT2D eigenvalue weighted by Gasteiger charge is 2.31. The van der Waals surface area contributed by atoms with Gasteiger partial charge in [-0.3, -0.25) is 4.90 Å². The number of hydrogen-bond acceptors (Lipinski definition) is 1. The number of benzene rings is 1. The van der Waals surface area contributed by atoms with E-state index in [9.17, 15) is 0 Å². The average Bonchev–Trinajstić information content (AvgIpc) is 2.37. The molecule has 2 atom stereocenters. The average molecular weight is 300 g/mol. The maximum absolute atomic E-state index is 6.11. The Bertz CT molecular complexity index is 426. The van der Waals surface area contributed by atoms with Gasteiger partial charge in [0.1, 0.15) is 0 Å². The molecule has 3 heteroatoms. The Labute approximate surface area is 126 Å². The van der Waals surface area contributed by atoms with Gasteiger partial charge in [-0.2, -0.15) is 0 Å². The lowest BCUT2D eigenvalue weighted by atomic mass is 9.79. The summed E-state index contributed by atoms with van der Waals surface area (Å²) in [5.41, 5.74) is 1.67. The van der Waals surface area contributed by atoms with E-state index in [1.54, 1.807) is 6.07 Å². The first-order chi connectivity index (χ1) is 8.93. The first kappa shape index (κ1) is 15.2. The molecule has 1 heterocycles. The molecule has 0 spiro atoms. The zero-order chi connectivity index (χ0) is 14.0. The highest BCUT2D eigenvalue weighted by Crippen LogP contribution is 2.37. The van der Waals surface area contributed by atoms with Gasteiger partial charge in [-0.1, -0.05) is 37.0 Å². The molecule has 1 aromatic carbocycles. The molecule has 19 heavy (non-hydrogen) atoms. The monoisotopic (exact) mass is 299 g/mol. The van der Waals surface area contributed by atoms with E-state index >= 15 is 0 Å². The van der Waals surface area contributed by atoms with Crippen LogP contribution in [0, 0.1) is 5.41 Å². The fourth-order valence-corrected chi connectivity index (χ4v) is 3.55. The summed E-state index contributed by atoms with van der Waals surface area (Å²) >= 11 is 12.2. The standard InChI is InChI=1S/C16H23Cl2N/c1-4-16(3)6-5-7-19(11-16)12(2)13-8-14(17)10-15(18)9-13/h8-10,12H,4-7,11H2,1-3H3/t12-,16?/m0/s1. The van der Waals surface area contributed by atoms with Gasteiger partial charge in [-0.25, -0.2) is 0 Å². The Morgan fingerprint density at radius 3 is 2.47 bits per heavy atom. The van der Waals surface area contributed by atoms with Crippen molar-refractivity contribution in [3.8, 4) is 0 Å². The SMILES string of the molecule is CCC1(C)CCCN([C@@H](C)c2cc(Cl)cc(Cl)c2)C1. The van der Waals surface area contributed by atoms with Crippen LogP contribution in [0.5, 0.6) is 0 Å². The van der Waals surface area contributed by atoms with Crippen molar-refractivity contribution in [2.45, 2.75) is 46.1 Å². The van der Waals surface area contributed by atoms with Crippen molar-refractivity contribution in [3.05, 3.63) is 33.8 Å². The smallest absolute Gasteiger partial charge is 0.0424 e. The maximum Gasteiger partial charge on any atom is 0.0424 e. The van der Waals surface area contributed by atoms with Gasteiger partial charge in [0.15, 0.2) is 0 Å². The molecule has 0 bridgehead atoms. The molecule has 106 valence electrons. The topological polar surface area (TPSA) is 3.24 Å². The van der Waals surface area contributed by atoms with Gasteiger partial charge in [-0.05, 0) is 61.9 Å². The second-order valence-electron chi connectivity index (χ2n) is 6.12. The number of piperidine rings is 1. The number of rotatable bonds is 3. The summed E-state index contributed by atoms with van der Waals surface area (Å²) in [7, 11) is 0. The number of hydrogen-bond donors (Lipinski definition) is 0. The van der Waals surface area contributed by atoms with Gasteiger partial charge in [0.05, 0.1) is 0 Å². The van der Waals surface area contributed by atoms with Crippen LogP contribution in [0.15, 0.2) is 18.2 Å². The first-order valence-electron chi connectivity index (χ1n) is 7.13. The van der Waals surface area contributed by atoms with Gasteiger partial charge >= 0.3 is 0 Å². The summed E-state index contributed by atoms with van der Waals surface area (Å²) in [5, 5.41) is 1.45. The highest BCUT2D eigenvalue weighted by atomic mass is 35.5. The molecule has 0 radical (unpaired) electrons. The fourth-order valence-electron chi connectivity index (χ4n) is 3.00. The first-order valence-corrected chi connectivity index (χ1v) is 7.89. The minimum absolute atomic E-state index is 0.377. The molecule has 1 fully saturated rings. The van der Waals surface area contributed by atoms with E-state index in [0.29, 0.717) is 11.5 Å². The lowest BCUT2D eigenvalue weighted by Crippen LogP contribution is -2.42. The van der Waals surface area contributed by atoms with Crippen molar-refractivity contribution in [3.63, 3.8) is 0 Å². The van der Waals surface area contributed by atoms with E-state index in [2.05, 4.69) is 25.7 Å². The van der Waals surface area contributed by atoms with Crippen LogP contribution >= 0.6 is 23.2 Å². The summed E-state index contributed by atoms with van der Waals surface area (Å²) in [6.07, 6.45) is 3.86. The molecule has 0 N–H and O–H groups in total. The molecule has 0 aromatic heterocycles. The largest absolute Gasteiger partial charge is 0.296 e. The Hall–Kier alpha value is -0.240. The van der Waals surface area contributed by atoms with Crippen LogP contribution < -0.4 is 0 Å². The van der Waals surface area contributed by atoms with E-state index in [1.165, 1.54) is 31.4 Å². The van der Waals surface area contributed by atoms with Crippen LogP contribution in [0.25, 0.3) is 0 Å². The van der Waals surface area contributed by atoms with Crippen molar-refractivity contribution in [2.24, 2.45) is 5.41 Å². The third-order valence-corrected chi connectivity index (χ3v) is 5.02. The summed E-state index contributed by atoms with van der Waals surface area (Å²) in [5.74, 6) is 0. The molecule has 1 saturated heterocycles. The minimum Gasteiger partial charge on any atom is -0.296 e.